The Hall–Kier alpha value is -1.30. The SMILES string of the molecule is CCCC(=O)O[C@H]1CC[C@](O)(c2cccc(OC)c2)[C@@H](C[NH+](C)C)C1.[Cl-]. The van der Waals surface area contributed by atoms with E-state index in [1.165, 1.54) is 4.90 Å². The topological polar surface area (TPSA) is 60.2 Å². The summed E-state index contributed by atoms with van der Waals surface area (Å²) >= 11 is 0. The van der Waals surface area contributed by atoms with Crippen LogP contribution in [0, 0.1) is 5.92 Å². The Morgan fingerprint density at radius 3 is 2.73 bits per heavy atom. The van der Waals surface area contributed by atoms with Gasteiger partial charge in [0.05, 0.1) is 33.4 Å². The second-order valence-corrected chi connectivity index (χ2v) is 7.40. The van der Waals surface area contributed by atoms with Crippen LogP contribution in [0.1, 0.15) is 44.6 Å². The lowest BCUT2D eigenvalue weighted by atomic mass is 9.70. The fourth-order valence-electron chi connectivity index (χ4n) is 3.79. The second-order valence-electron chi connectivity index (χ2n) is 7.40. The Morgan fingerprint density at radius 2 is 2.12 bits per heavy atom. The van der Waals surface area contributed by atoms with Gasteiger partial charge in [0.15, 0.2) is 0 Å². The lowest BCUT2D eigenvalue weighted by molar-refractivity contribution is -0.863. The molecule has 2 N–H and O–H groups in total. The number of quaternary nitrogens is 1. The Kier molecular flexibility index (Phi) is 8.87. The third-order valence-corrected chi connectivity index (χ3v) is 5.05. The Balaban J connectivity index is 0.00000338. The average Bonchev–Trinajstić information content (AvgIpc) is 2.58. The molecule has 1 aliphatic rings. The summed E-state index contributed by atoms with van der Waals surface area (Å²) < 4.78 is 11.0. The number of esters is 1. The van der Waals surface area contributed by atoms with Gasteiger partial charge in [-0.3, -0.25) is 4.79 Å². The zero-order valence-corrected chi connectivity index (χ0v) is 17.0. The molecule has 1 aromatic carbocycles. The van der Waals surface area contributed by atoms with Crippen molar-refractivity contribution in [2.75, 3.05) is 27.7 Å². The molecule has 1 saturated carbocycles. The van der Waals surface area contributed by atoms with E-state index in [4.69, 9.17) is 9.47 Å². The van der Waals surface area contributed by atoms with Gasteiger partial charge in [-0.25, -0.2) is 0 Å². The van der Waals surface area contributed by atoms with Crippen LogP contribution in [0.15, 0.2) is 24.3 Å². The van der Waals surface area contributed by atoms with Crippen molar-refractivity contribution in [1.29, 1.82) is 0 Å². The van der Waals surface area contributed by atoms with Crippen LogP contribution in [0.2, 0.25) is 0 Å². The van der Waals surface area contributed by atoms with Gasteiger partial charge in [0, 0.05) is 12.3 Å². The largest absolute Gasteiger partial charge is 1.00 e. The number of benzene rings is 1. The fraction of sp³-hybridized carbons (Fsp3) is 0.650. The van der Waals surface area contributed by atoms with Gasteiger partial charge in [0.2, 0.25) is 0 Å². The summed E-state index contributed by atoms with van der Waals surface area (Å²) in [6.45, 7) is 2.79. The molecule has 0 aromatic heterocycles. The minimum absolute atomic E-state index is 0. The van der Waals surface area contributed by atoms with Gasteiger partial charge >= 0.3 is 5.97 Å². The molecule has 2 rings (SSSR count). The van der Waals surface area contributed by atoms with Crippen molar-refractivity contribution >= 4 is 5.97 Å². The molecule has 148 valence electrons. The van der Waals surface area contributed by atoms with Crippen molar-refractivity contribution in [2.24, 2.45) is 5.92 Å². The van der Waals surface area contributed by atoms with E-state index in [1.54, 1.807) is 7.11 Å². The molecule has 6 heteroatoms. The Labute approximate surface area is 163 Å². The highest BCUT2D eigenvalue weighted by Gasteiger charge is 2.45. The van der Waals surface area contributed by atoms with E-state index < -0.39 is 5.60 Å². The van der Waals surface area contributed by atoms with Crippen LogP contribution in [0.4, 0.5) is 0 Å². The summed E-state index contributed by atoms with van der Waals surface area (Å²) in [7, 11) is 5.80. The first kappa shape index (κ1) is 22.7. The molecule has 0 radical (unpaired) electrons. The van der Waals surface area contributed by atoms with E-state index in [-0.39, 0.29) is 30.4 Å². The molecule has 1 aromatic rings. The first-order valence-corrected chi connectivity index (χ1v) is 9.24. The van der Waals surface area contributed by atoms with Crippen molar-refractivity contribution < 1.29 is 36.7 Å². The van der Waals surface area contributed by atoms with Crippen molar-refractivity contribution in [1.82, 2.24) is 0 Å². The quantitative estimate of drug-likeness (QED) is 0.563. The molecule has 0 unspecified atom stereocenters. The van der Waals surface area contributed by atoms with Crippen LogP contribution in [0.25, 0.3) is 0 Å². The van der Waals surface area contributed by atoms with Crippen LogP contribution in [-0.4, -0.2) is 44.9 Å². The molecular weight excluding hydrogens is 354 g/mol. The highest BCUT2D eigenvalue weighted by Crippen LogP contribution is 2.43. The molecule has 1 fully saturated rings. The summed E-state index contributed by atoms with van der Waals surface area (Å²) in [6.07, 6.45) is 3.11. The molecule has 0 spiro atoms. The molecule has 0 heterocycles. The number of nitrogens with one attached hydrogen (secondary N) is 1. The first-order valence-electron chi connectivity index (χ1n) is 9.24. The number of carbonyl (C=O) groups excluding carboxylic acids is 1. The van der Waals surface area contributed by atoms with Gasteiger partial charge in [-0.1, -0.05) is 19.1 Å². The summed E-state index contributed by atoms with van der Waals surface area (Å²) in [6, 6.07) is 7.68. The van der Waals surface area contributed by atoms with E-state index in [0.717, 1.165) is 24.3 Å². The summed E-state index contributed by atoms with van der Waals surface area (Å²) in [4.78, 5) is 13.1. The van der Waals surface area contributed by atoms with Crippen LogP contribution < -0.4 is 22.0 Å². The van der Waals surface area contributed by atoms with Gasteiger partial charge in [-0.15, -0.1) is 0 Å². The van der Waals surface area contributed by atoms with E-state index in [9.17, 15) is 9.90 Å². The van der Waals surface area contributed by atoms with Crippen molar-refractivity contribution in [3.8, 4) is 5.75 Å². The maximum absolute atomic E-state index is 11.8. The van der Waals surface area contributed by atoms with Crippen molar-refractivity contribution in [3.63, 3.8) is 0 Å². The zero-order valence-electron chi connectivity index (χ0n) is 16.3. The summed E-state index contributed by atoms with van der Waals surface area (Å²) in [5.41, 5.74) is -0.0316. The number of hydrogen-bond donors (Lipinski definition) is 2. The molecule has 3 atom stereocenters. The molecule has 0 saturated heterocycles. The van der Waals surface area contributed by atoms with Gasteiger partial charge < -0.3 is 31.9 Å². The number of aliphatic hydroxyl groups is 1. The number of ether oxygens (including phenoxy) is 2. The lowest BCUT2D eigenvalue weighted by Gasteiger charge is -2.43. The van der Waals surface area contributed by atoms with Crippen LogP contribution in [0.5, 0.6) is 5.75 Å². The maximum atomic E-state index is 11.8. The second kappa shape index (κ2) is 10.1. The molecule has 26 heavy (non-hydrogen) atoms. The Morgan fingerprint density at radius 1 is 1.38 bits per heavy atom. The van der Waals surface area contributed by atoms with Gasteiger partial charge in [0.25, 0.3) is 0 Å². The van der Waals surface area contributed by atoms with Gasteiger partial charge in [-0.05, 0) is 43.4 Å². The minimum atomic E-state index is -0.917. The van der Waals surface area contributed by atoms with E-state index in [1.807, 2.05) is 31.2 Å². The molecule has 5 nitrogen and oxygen atoms in total. The van der Waals surface area contributed by atoms with Gasteiger partial charge in [0.1, 0.15) is 11.9 Å². The van der Waals surface area contributed by atoms with E-state index in [0.29, 0.717) is 25.7 Å². The maximum Gasteiger partial charge on any atom is 0.306 e. The summed E-state index contributed by atoms with van der Waals surface area (Å²) in [5.74, 6) is 0.645. The standard InChI is InChI=1S/C20H31NO4.ClH/c1-5-7-19(22)25-18-10-11-20(23,16(13-18)14-21(2)3)15-8-6-9-17(12-15)24-4;/h6,8-9,12,16,18,23H,5,7,10-11,13-14H2,1-4H3;1H/t16-,18+,20+;/m1./s1. The average molecular weight is 386 g/mol. The molecular formula is C20H32ClNO4. The third kappa shape index (κ3) is 5.60. The predicted molar refractivity (Wildman–Crippen MR) is 96.7 cm³/mol. The van der Waals surface area contributed by atoms with Gasteiger partial charge in [-0.2, -0.15) is 0 Å². The summed E-state index contributed by atoms with van der Waals surface area (Å²) in [5, 5.41) is 11.5. The third-order valence-electron chi connectivity index (χ3n) is 5.05. The number of methoxy groups -OCH3 is 1. The normalized spacial score (nSPS) is 25.5. The number of rotatable bonds is 7. The fourth-order valence-corrected chi connectivity index (χ4v) is 3.79. The molecule has 0 bridgehead atoms. The molecule has 0 amide bonds. The first-order chi connectivity index (χ1) is 11.9. The highest BCUT2D eigenvalue weighted by molar-refractivity contribution is 5.69. The predicted octanol–water partition coefficient (Wildman–Crippen LogP) is -1.46. The Bertz CT molecular complexity index is 581. The molecule has 0 aliphatic heterocycles. The molecule has 1 aliphatic carbocycles. The zero-order chi connectivity index (χ0) is 18.4. The number of carbonyl (C=O) groups is 1. The number of halogens is 1. The van der Waals surface area contributed by atoms with E-state index >= 15 is 0 Å². The van der Waals surface area contributed by atoms with Crippen LogP contribution in [-0.2, 0) is 15.1 Å². The number of hydrogen-bond acceptors (Lipinski definition) is 4. The van der Waals surface area contributed by atoms with Crippen molar-refractivity contribution in [3.05, 3.63) is 29.8 Å². The lowest BCUT2D eigenvalue weighted by Crippen LogP contribution is -3.07. The minimum Gasteiger partial charge on any atom is -1.00 e. The van der Waals surface area contributed by atoms with E-state index in [2.05, 4.69) is 14.1 Å². The van der Waals surface area contributed by atoms with Crippen LogP contribution in [0.3, 0.4) is 0 Å². The van der Waals surface area contributed by atoms with Crippen molar-refractivity contribution in [2.45, 2.75) is 50.7 Å². The highest BCUT2D eigenvalue weighted by atomic mass is 35.5. The monoisotopic (exact) mass is 385 g/mol. The smallest absolute Gasteiger partial charge is 0.306 e. The van der Waals surface area contributed by atoms with Crippen LogP contribution >= 0.6 is 0 Å².